The molecule has 0 atom stereocenters. The maximum absolute atomic E-state index is 5.11. The van der Waals surface area contributed by atoms with Gasteiger partial charge in [0.15, 0.2) is 0 Å². The molecule has 0 saturated heterocycles. The van der Waals surface area contributed by atoms with Crippen molar-refractivity contribution in [2.45, 2.75) is 27.2 Å². The largest absolute Gasteiger partial charge is 0.501 e. The third kappa shape index (κ3) is 7.28. The molecule has 0 fully saturated rings. The van der Waals surface area contributed by atoms with Crippen LogP contribution in [0.3, 0.4) is 0 Å². The molecule has 0 aliphatic rings. The molecule has 0 heterocycles. The highest BCUT2D eigenvalue weighted by Gasteiger charge is 1.73. The van der Waals surface area contributed by atoms with Gasteiger partial charge in [-0.25, -0.2) is 0 Å². The minimum atomic E-state index is 0.813. The van der Waals surface area contributed by atoms with Crippen LogP contribution < -0.4 is 0 Å². The van der Waals surface area contributed by atoms with E-state index in [0.717, 1.165) is 13.0 Å². The number of hydrogen-bond acceptors (Lipinski definition) is 1. The lowest BCUT2D eigenvalue weighted by molar-refractivity contribution is 0.250. The average molecular weight is 140 g/mol. The van der Waals surface area contributed by atoms with Crippen molar-refractivity contribution in [1.82, 2.24) is 0 Å². The molecule has 10 heavy (non-hydrogen) atoms. The molecule has 0 aliphatic heterocycles. The fraction of sp³-hybridized carbons (Fsp3) is 0.556. The lowest BCUT2D eigenvalue weighted by Gasteiger charge is -1.93. The summed E-state index contributed by atoms with van der Waals surface area (Å²) in [4.78, 5) is 0. The van der Waals surface area contributed by atoms with Crippen LogP contribution in [-0.2, 0) is 4.74 Å². The Morgan fingerprint density at radius 1 is 1.40 bits per heavy atom. The maximum Gasteiger partial charge on any atom is 0.0870 e. The second-order valence-corrected chi connectivity index (χ2v) is 2.44. The number of hydrogen-bond donors (Lipinski definition) is 0. The highest BCUT2D eigenvalue weighted by atomic mass is 16.5. The first kappa shape index (κ1) is 9.28. The van der Waals surface area contributed by atoms with Gasteiger partial charge in [-0.15, -0.1) is 0 Å². The Kier molecular flexibility index (Phi) is 5.94. The van der Waals surface area contributed by atoms with Crippen molar-refractivity contribution in [3.63, 3.8) is 0 Å². The van der Waals surface area contributed by atoms with Crippen molar-refractivity contribution in [3.8, 4) is 0 Å². The van der Waals surface area contributed by atoms with E-state index < -0.39 is 0 Å². The normalized spacial score (nSPS) is 9.90. The SMILES string of the molecule is CCCO/C=C/C=C(C)C. The van der Waals surface area contributed by atoms with E-state index in [2.05, 4.69) is 20.8 Å². The van der Waals surface area contributed by atoms with E-state index in [9.17, 15) is 0 Å². The lowest BCUT2D eigenvalue weighted by atomic mass is 10.3. The predicted molar refractivity (Wildman–Crippen MR) is 44.8 cm³/mol. The van der Waals surface area contributed by atoms with Gasteiger partial charge in [-0.1, -0.05) is 18.6 Å². The first-order valence-corrected chi connectivity index (χ1v) is 3.69. The number of rotatable bonds is 4. The van der Waals surface area contributed by atoms with Gasteiger partial charge in [0.25, 0.3) is 0 Å². The van der Waals surface area contributed by atoms with Gasteiger partial charge >= 0.3 is 0 Å². The Morgan fingerprint density at radius 2 is 2.10 bits per heavy atom. The second-order valence-electron chi connectivity index (χ2n) is 2.44. The van der Waals surface area contributed by atoms with Crippen LogP contribution in [0.4, 0.5) is 0 Å². The van der Waals surface area contributed by atoms with Crippen LogP contribution in [-0.4, -0.2) is 6.61 Å². The van der Waals surface area contributed by atoms with Crippen LogP contribution in [0.5, 0.6) is 0 Å². The maximum atomic E-state index is 5.11. The molecule has 0 aromatic rings. The zero-order valence-corrected chi connectivity index (χ0v) is 7.05. The van der Waals surface area contributed by atoms with Gasteiger partial charge in [0.05, 0.1) is 12.9 Å². The number of allylic oxidation sites excluding steroid dienone is 3. The predicted octanol–water partition coefficient (Wildman–Crippen LogP) is 2.89. The molecule has 58 valence electrons. The smallest absolute Gasteiger partial charge is 0.0870 e. The topological polar surface area (TPSA) is 9.23 Å². The van der Waals surface area contributed by atoms with E-state index in [-0.39, 0.29) is 0 Å². The average Bonchev–Trinajstić information content (AvgIpc) is 1.87. The minimum absolute atomic E-state index is 0.813. The third-order valence-electron chi connectivity index (χ3n) is 0.926. The highest BCUT2D eigenvalue weighted by Crippen LogP contribution is 1.89. The van der Waals surface area contributed by atoms with Gasteiger partial charge in [-0.3, -0.25) is 0 Å². The molecule has 0 saturated carbocycles. The molecule has 0 unspecified atom stereocenters. The Bertz CT molecular complexity index is 119. The van der Waals surface area contributed by atoms with Crippen LogP contribution in [0.25, 0.3) is 0 Å². The zero-order chi connectivity index (χ0) is 7.82. The third-order valence-corrected chi connectivity index (χ3v) is 0.926. The molecule has 0 aliphatic carbocycles. The van der Waals surface area contributed by atoms with Gasteiger partial charge in [-0.2, -0.15) is 0 Å². The van der Waals surface area contributed by atoms with Gasteiger partial charge in [0.2, 0.25) is 0 Å². The van der Waals surface area contributed by atoms with Gasteiger partial charge in [0, 0.05) is 0 Å². The summed E-state index contributed by atoms with van der Waals surface area (Å²) < 4.78 is 5.11. The van der Waals surface area contributed by atoms with Gasteiger partial charge in [0.1, 0.15) is 0 Å². The summed E-state index contributed by atoms with van der Waals surface area (Å²) in [7, 11) is 0. The van der Waals surface area contributed by atoms with Crippen molar-refractivity contribution in [2.75, 3.05) is 6.61 Å². The molecule has 0 rings (SSSR count). The molecule has 0 radical (unpaired) electrons. The molecule has 0 amide bonds. The van der Waals surface area contributed by atoms with Crippen LogP contribution >= 0.6 is 0 Å². The first-order valence-electron chi connectivity index (χ1n) is 3.69. The van der Waals surface area contributed by atoms with E-state index in [1.165, 1.54) is 5.57 Å². The molecule has 1 nitrogen and oxygen atoms in total. The van der Waals surface area contributed by atoms with Crippen molar-refractivity contribution < 1.29 is 4.74 Å². The van der Waals surface area contributed by atoms with Gasteiger partial charge < -0.3 is 4.74 Å². The Labute approximate surface area is 63.4 Å². The molecule has 0 N–H and O–H groups in total. The molecule has 0 spiro atoms. The first-order chi connectivity index (χ1) is 4.77. The summed E-state index contributed by atoms with van der Waals surface area (Å²) in [5.41, 5.74) is 1.29. The molecular weight excluding hydrogens is 124 g/mol. The Morgan fingerprint density at radius 3 is 2.60 bits per heavy atom. The lowest BCUT2D eigenvalue weighted by Crippen LogP contribution is -1.81. The second kappa shape index (κ2) is 6.40. The van der Waals surface area contributed by atoms with Crippen LogP contribution in [0.1, 0.15) is 27.2 Å². The Balaban J connectivity index is 3.29. The zero-order valence-electron chi connectivity index (χ0n) is 7.05. The van der Waals surface area contributed by atoms with Crippen LogP contribution in [0.2, 0.25) is 0 Å². The molecule has 0 bridgehead atoms. The summed E-state index contributed by atoms with van der Waals surface area (Å²) in [6, 6.07) is 0. The summed E-state index contributed by atoms with van der Waals surface area (Å²) in [5.74, 6) is 0. The fourth-order valence-electron chi connectivity index (χ4n) is 0.473. The molecule has 0 aromatic heterocycles. The number of ether oxygens (including phenoxy) is 1. The monoisotopic (exact) mass is 140 g/mol. The highest BCUT2D eigenvalue weighted by molar-refractivity contribution is 5.06. The minimum Gasteiger partial charge on any atom is -0.501 e. The van der Waals surface area contributed by atoms with Crippen LogP contribution in [0, 0.1) is 0 Å². The van der Waals surface area contributed by atoms with Crippen molar-refractivity contribution in [1.29, 1.82) is 0 Å². The molecule has 1 heteroatoms. The summed E-state index contributed by atoms with van der Waals surface area (Å²) >= 11 is 0. The van der Waals surface area contributed by atoms with E-state index >= 15 is 0 Å². The molecule has 0 aromatic carbocycles. The van der Waals surface area contributed by atoms with E-state index in [0.29, 0.717) is 0 Å². The Hall–Kier alpha value is -0.720. The summed E-state index contributed by atoms with van der Waals surface area (Å²) in [6.07, 6.45) is 6.75. The van der Waals surface area contributed by atoms with E-state index in [1.54, 1.807) is 6.26 Å². The van der Waals surface area contributed by atoms with Crippen molar-refractivity contribution >= 4 is 0 Å². The summed E-state index contributed by atoms with van der Waals surface area (Å²) in [6.45, 7) is 7.02. The van der Waals surface area contributed by atoms with Crippen molar-refractivity contribution in [2.24, 2.45) is 0 Å². The van der Waals surface area contributed by atoms with Crippen LogP contribution in [0.15, 0.2) is 24.0 Å². The molecular formula is C9H16O. The van der Waals surface area contributed by atoms with E-state index in [1.807, 2.05) is 12.2 Å². The van der Waals surface area contributed by atoms with Gasteiger partial charge in [-0.05, 0) is 26.3 Å². The van der Waals surface area contributed by atoms with Crippen molar-refractivity contribution in [3.05, 3.63) is 24.0 Å². The van der Waals surface area contributed by atoms with E-state index in [4.69, 9.17) is 4.74 Å². The fourth-order valence-corrected chi connectivity index (χ4v) is 0.473. The summed E-state index contributed by atoms with van der Waals surface area (Å²) in [5, 5.41) is 0. The quantitative estimate of drug-likeness (QED) is 0.331. The standard InChI is InChI=1S/C9H16O/c1-4-7-10-8-5-6-9(2)3/h5-6,8H,4,7H2,1-3H3/b8-5+.